The number of carbonyl (C=O) groups excluding carboxylic acids is 2. The molecule has 2 aliphatic heterocycles. The second-order valence-electron chi connectivity index (χ2n) is 11.6. The molecular formula is C34H35F2N9O2. The average molecular weight is 640 g/mol. The maximum absolute atomic E-state index is 15.9. The first-order valence-electron chi connectivity index (χ1n) is 15.3. The van der Waals surface area contributed by atoms with Gasteiger partial charge in [-0.15, -0.1) is 0 Å². The van der Waals surface area contributed by atoms with Crippen molar-refractivity contribution in [2.45, 2.75) is 12.1 Å². The summed E-state index contributed by atoms with van der Waals surface area (Å²) in [7, 11) is 0. The Bertz CT molecular complexity index is 1830. The summed E-state index contributed by atoms with van der Waals surface area (Å²) in [6.45, 7) is 6.33. The number of aromatic amines is 1. The highest BCUT2D eigenvalue weighted by Crippen LogP contribution is 2.31. The molecule has 2 fully saturated rings. The fourth-order valence-electron chi connectivity index (χ4n) is 5.81. The number of benzene rings is 2. The van der Waals surface area contributed by atoms with Crippen molar-refractivity contribution in [1.82, 2.24) is 25.0 Å². The number of nitrogens with two attached hydrogens (primary N) is 1. The number of aliphatic imine (C=N–C) groups is 1. The zero-order chi connectivity index (χ0) is 33.0. The Morgan fingerprint density at radius 1 is 1.09 bits per heavy atom. The molecule has 11 nitrogen and oxygen atoms in total. The van der Waals surface area contributed by atoms with Crippen molar-refractivity contribution in [3.05, 3.63) is 91.0 Å². The molecule has 6 rings (SSSR count). The van der Waals surface area contributed by atoms with E-state index in [1.54, 1.807) is 58.6 Å². The van der Waals surface area contributed by atoms with Crippen LogP contribution in [0.4, 0.5) is 20.3 Å². The highest BCUT2D eigenvalue weighted by molar-refractivity contribution is 6.01. The maximum Gasteiger partial charge on any atom is 0.263 e. The molecule has 0 aliphatic carbocycles. The molecule has 4 aromatic rings. The molecule has 4 heterocycles. The Hall–Kier alpha value is -5.43. The standard InChI is InChI=1S/C34H35F2N9O2/c1-23(38-13-2-12-37)25-5-10-30(39-20-25)44-15-17-45(18-16-44)31(46)21-43-14-11-34(36,22-43)33(47)40-27-8-9-29-28(19-27)32(42-41-29)24-3-6-26(35)7-4-24/h2-10,12-13,19-20H,1,11,14-18,21-22,37H2,(H,40,47)(H,41,42)/b12-2-,38-13?. The highest BCUT2D eigenvalue weighted by Gasteiger charge is 2.45. The predicted octanol–water partition coefficient (Wildman–Crippen LogP) is 3.98. The van der Waals surface area contributed by atoms with Gasteiger partial charge in [-0.25, -0.2) is 13.8 Å². The van der Waals surface area contributed by atoms with Crippen molar-refractivity contribution in [1.29, 1.82) is 0 Å². The molecule has 242 valence electrons. The molecule has 2 amide bonds. The smallest absolute Gasteiger partial charge is 0.263 e. The minimum absolute atomic E-state index is 0.0161. The SMILES string of the molecule is C=C(N=C/C=C\N)c1ccc(N2CCN(C(=O)CN3CCC(F)(C(=O)Nc4ccc5[nH]nc(-c6ccc(F)cc6)c5c4)C3)CC2)nc1. The number of aromatic nitrogens is 3. The fraction of sp³-hybridized carbons (Fsp3) is 0.265. The molecule has 0 saturated carbocycles. The van der Waals surface area contributed by atoms with E-state index >= 15 is 4.39 Å². The number of H-pyrrole nitrogens is 1. The molecule has 2 aliphatic rings. The Kier molecular flexibility index (Phi) is 9.07. The number of rotatable bonds is 9. The first kappa shape index (κ1) is 31.5. The number of pyridine rings is 1. The minimum atomic E-state index is -2.14. The monoisotopic (exact) mass is 639 g/mol. The molecule has 1 atom stereocenters. The summed E-state index contributed by atoms with van der Waals surface area (Å²) in [4.78, 5) is 40.6. The number of halogens is 2. The lowest BCUT2D eigenvalue weighted by Crippen LogP contribution is -2.51. The maximum atomic E-state index is 15.9. The molecule has 0 radical (unpaired) electrons. The molecule has 13 heteroatoms. The van der Waals surface area contributed by atoms with Gasteiger partial charge < -0.3 is 20.9 Å². The van der Waals surface area contributed by atoms with Crippen molar-refractivity contribution in [3.63, 3.8) is 0 Å². The van der Waals surface area contributed by atoms with Gasteiger partial charge in [-0.1, -0.05) is 6.58 Å². The fourth-order valence-corrected chi connectivity index (χ4v) is 5.81. The summed E-state index contributed by atoms with van der Waals surface area (Å²) in [5.74, 6) is -0.414. The molecule has 47 heavy (non-hydrogen) atoms. The zero-order valence-electron chi connectivity index (χ0n) is 25.7. The third-order valence-electron chi connectivity index (χ3n) is 8.47. The normalized spacial score (nSPS) is 18.9. The van der Waals surface area contributed by atoms with Gasteiger partial charge in [-0.2, -0.15) is 5.10 Å². The molecule has 2 aromatic carbocycles. The minimum Gasteiger partial charge on any atom is -0.405 e. The first-order valence-corrected chi connectivity index (χ1v) is 15.3. The molecule has 1 unspecified atom stereocenters. The molecule has 2 saturated heterocycles. The summed E-state index contributed by atoms with van der Waals surface area (Å²) in [6.07, 6.45) is 6.26. The Morgan fingerprint density at radius 2 is 1.87 bits per heavy atom. The van der Waals surface area contributed by atoms with Crippen LogP contribution in [0.3, 0.4) is 0 Å². The van der Waals surface area contributed by atoms with Gasteiger partial charge in [-0.05, 0) is 66.9 Å². The van der Waals surface area contributed by atoms with Crippen LogP contribution in [0.2, 0.25) is 0 Å². The van der Waals surface area contributed by atoms with Gasteiger partial charge in [0.25, 0.3) is 5.91 Å². The van der Waals surface area contributed by atoms with Gasteiger partial charge in [0.15, 0.2) is 0 Å². The van der Waals surface area contributed by atoms with Crippen molar-refractivity contribution >= 4 is 46.1 Å². The summed E-state index contributed by atoms with van der Waals surface area (Å²) >= 11 is 0. The summed E-state index contributed by atoms with van der Waals surface area (Å²) in [5.41, 5.74) is 6.98. The molecule has 0 bridgehead atoms. The molecular weight excluding hydrogens is 604 g/mol. The van der Waals surface area contributed by atoms with Crippen LogP contribution in [-0.4, -0.2) is 94.5 Å². The molecule has 2 aromatic heterocycles. The van der Waals surface area contributed by atoms with E-state index in [1.807, 2.05) is 12.1 Å². The predicted molar refractivity (Wildman–Crippen MR) is 179 cm³/mol. The topological polar surface area (TPSA) is 136 Å². The summed E-state index contributed by atoms with van der Waals surface area (Å²) in [5, 5.41) is 10.7. The van der Waals surface area contributed by atoms with Crippen molar-refractivity contribution in [2.24, 2.45) is 10.7 Å². The number of fused-ring (bicyclic) bond motifs is 1. The van der Waals surface area contributed by atoms with Crippen LogP contribution in [0, 0.1) is 5.82 Å². The van der Waals surface area contributed by atoms with E-state index in [1.165, 1.54) is 18.3 Å². The number of nitrogens with zero attached hydrogens (tertiary/aromatic N) is 6. The Labute approximate surface area is 270 Å². The first-order chi connectivity index (χ1) is 22.7. The molecule has 0 spiro atoms. The number of allylic oxidation sites excluding steroid dienone is 1. The summed E-state index contributed by atoms with van der Waals surface area (Å²) in [6, 6.07) is 14.9. The Balaban J connectivity index is 1.00. The zero-order valence-corrected chi connectivity index (χ0v) is 25.7. The van der Waals surface area contributed by atoms with Gasteiger partial charge in [0.1, 0.15) is 11.6 Å². The number of nitrogens with one attached hydrogen (secondary N) is 2. The number of carbonyl (C=O) groups is 2. The number of hydrogen-bond acceptors (Lipinski definition) is 8. The third-order valence-corrected chi connectivity index (χ3v) is 8.47. The largest absolute Gasteiger partial charge is 0.405 e. The highest BCUT2D eigenvalue weighted by atomic mass is 19.1. The number of alkyl halides is 1. The van der Waals surface area contributed by atoms with Gasteiger partial charge in [0.2, 0.25) is 11.6 Å². The van der Waals surface area contributed by atoms with E-state index in [9.17, 15) is 14.0 Å². The second kappa shape index (κ2) is 13.5. The number of anilines is 2. The van der Waals surface area contributed by atoms with Crippen LogP contribution in [0.5, 0.6) is 0 Å². The van der Waals surface area contributed by atoms with Crippen LogP contribution in [-0.2, 0) is 9.59 Å². The van der Waals surface area contributed by atoms with Crippen LogP contribution in [0.1, 0.15) is 12.0 Å². The summed E-state index contributed by atoms with van der Waals surface area (Å²) < 4.78 is 29.3. The van der Waals surface area contributed by atoms with Crippen LogP contribution >= 0.6 is 0 Å². The van der Waals surface area contributed by atoms with Crippen molar-refractivity contribution in [2.75, 3.05) is 56.0 Å². The van der Waals surface area contributed by atoms with Gasteiger partial charge in [0.05, 0.1) is 23.5 Å². The Morgan fingerprint density at radius 3 is 2.60 bits per heavy atom. The lowest BCUT2D eigenvalue weighted by molar-refractivity contribution is -0.133. The van der Waals surface area contributed by atoms with Crippen molar-refractivity contribution < 1.29 is 18.4 Å². The number of amides is 2. The van der Waals surface area contributed by atoms with Gasteiger partial charge >= 0.3 is 0 Å². The van der Waals surface area contributed by atoms with Crippen LogP contribution in [0.15, 0.2) is 84.6 Å². The van der Waals surface area contributed by atoms with E-state index in [-0.39, 0.29) is 31.2 Å². The van der Waals surface area contributed by atoms with E-state index in [2.05, 4.69) is 37.0 Å². The number of piperazine rings is 1. The quantitative estimate of drug-likeness (QED) is 0.236. The van der Waals surface area contributed by atoms with E-state index in [4.69, 9.17) is 5.73 Å². The van der Waals surface area contributed by atoms with E-state index in [0.717, 1.165) is 16.9 Å². The second-order valence-corrected chi connectivity index (χ2v) is 11.6. The van der Waals surface area contributed by atoms with Crippen molar-refractivity contribution in [3.8, 4) is 11.3 Å². The van der Waals surface area contributed by atoms with Gasteiger partial charge in [0, 0.05) is 80.3 Å². The average Bonchev–Trinajstić information content (AvgIpc) is 3.69. The van der Waals surface area contributed by atoms with E-state index in [0.29, 0.717) is 60.8 Å². The van der Waals surface area contributed by atoms with Gasteiger partial charge in [-0.3, -0.25) is 24.6 Å². The van der Waals surface area contributed by atoms with Crippen LogP contribution in [0.25, 0.3) is 27.9 Å². The molecule has 4 N–H and O–H groups in total. The third kappa shape index (κ3) is 7.04. The lowest BCUT2D eigenvalue weighted by Gasteiger charge is -2.36. The van der Waals surface area contributed by atoms with E-state index < -0.39 is 11.6 Å². The lowest BCUT2D eigenvalue weighted by atomic mass is 10.0. The number of likely N-dealkylation sites (tertiary alicyclic amines) is 1. The number of hydrogen-bond donors (Lipinski definition) is 3. The van der Waals surface area contributed by atoms with Crippen LogP contribution < -0.4 is 16.0 Å².